The van der Waals surface area contributed by atoms with Crippen LogP contribution in [0.4, 0.5) is 4.79 Å². The Balaban J connectivity index is 1.83. The molecule has 1 aromatic rings. The number of esters is 1. The molecule has 0 saturated heterocycles. The summed E-state index contributed by atoms with van der Waals surface area (Å²) >= 11 is 1.22. The highest BCUT2D eigenvalue weighted by Gasteiger charge is 2.28. The second kappa shape index (κ2) is 11.7. The minimum atomic E-state index is -0.699. The number of imide groups is 1. The van der Waals surface area contributed by atoms with Crippen molar-refractivity contribution in [3.63, 3.8) is 0 Å². The van der Waals surface area contributed by atoms with Crippen LogP contribution in [0.25, 0.3) is 0 Å². The van der Waals surface area contributed by atoms with Gasteiger partial charge < -0.3 is 15.0 Å². The van der Waals surface area contributed by atoms with Crippen molar-refractivity contribution in [2.24, 2.45) is 11.8 Å². The number of ether oxygens (including phenoxy) is 1. The fraction of sp³-hybridized carbons (Fsp3) is 0.545. The first-order chi connectivity index (χ1) is 14.7. The molecule has 1 saturated carbocycles. The number of rotatable bonds is 7. The van der Waals surface area contributed by atoms with E-state index in [-0.39, 0.29) is 23.3 Å². The van der Waals surface area contributed by atoms with E-state index < -0.39 is 24.5 Å². The zero-order chi connectivity index (χ0) is 23.0. The zero-order valence-electron chi connectivity index (χ0n) is 18.5. The van der Waals surface area contributed by atoms with Crippen LogP contribution in [-0.4, -0.2) is 61.2 Å². The molecule has 0 spiro atoms. The molecule has 31 heavy (non-hydrogen) atoms. The van der Waals surface area contributed by atoms with E-state index in [2.05, 4.69) is 24.5 Å². The maximum absolute atomic E-state index is 12.4. The van der Waals surface area contributed by atoms with Crippen LogP contribution < -0.4 is 10.6 Å². The quantitative estimate of drug-likeness (QED) is 0.490. The Hall–Kier alpha value is -2.55. The number of benzene rings is 1. The van der Waals surface area contributed by atoms with E-state index in [0.29, 0.717) is 16.7 Å². The van der Waals surface area contributed by atoms with Gasteiger partial charge >= 0.3 is 12.0 Å². The van der Waals surface area contributed by atoms with Crippen molar-refractivity contribution in [1.82, 2.24) is 15.5 Å². The van der Waals surface area contributed by atoms with Gasteiger partial charge in [0, 0.05) is 25.0 Å². The molecule has 0 aliphatic heterocycles. The third-order valence-electron chi connectivity index (χ3n) is 5.57. The Bertz CT molecular complexity index is 814. The van der Waals surface area contributed by atoms with E-state index >= 15 is 0 Å². The lowest BCUT2D eigenvalue weighted by atomic mass is 9.78. The number of thioether (sulfide) groups is 1. The summed E-state index contributed by atoms with van der Waals surface area (Å²) < 4.78 is 5.07. The van der Waals surface area contributed by atoms with Gasteiger partial charge in [0.05, 0.1) is 11.3 Å². The van der Waals surface area contributed by atoms with Crippen LogP contribution in [-0.2, 0) is 14.3 Å². The van der Waals surface area contributed by atoms with Gasteiger partial charge in [-0.3, -0.25) is 14.9 Å². The molecule has 1 aromatic carbocycles. The smallest absolute Gasteiger partial charge is 0.339 e. The fourth-order valence-electron chi connectivity index (χ4n) is 3.39. The van der Waals surface area contributed by atoms with E-state index in [0.717, 1.165) is 19.3 Å². The van der Waals surface area contributed by atoms with Crippen LogP contribution in [0, 0.1) is 11.8 Å². The van der Waals surface area contributed by atoms with Crippen molar-refractivity contribution in [2.75, 3.05) is 26.5 Å². The lowest BCUT2D eigenvalue weighted by molar-refractivity contribution is -0.126. The highest BCUT2D eigenvalue weighted by molar-refractivity contribution is 8.00. The van der Waals surface area contributed by atoms with Crippen LogP contribution in [0.5, 0.6) is 0 Å². The molecule has 9 heteroatoms. The predicted octanol–water partition coefficient (Wildman–Crippen LogP) is 2.67. The summed E-state index contributed by atoms with van der Waals surface area (Å²) in [5, 5.41) is 5.06. The van der Waals surface area contributed by atoms with Gasteiger partial charge in [0.15, 0.2) is 6.61 Å². The van der Waals surface area contributed by atoms with Gasteiger partial charge in [0.1, 0.15) is 0 Å². The van der Waals surface area contributed by atoms with E-state index in [1.807, 2.05) is 0 Å². The molecular formula is C22H31N3O5S. The molecule has 170 valence electrons. The highest BCUT2D eigenvalue weighted by atomic mass is 32.2. The minimum Gasteiger partial charge on any atom is -0.452 e. The van der Waals surface area contributed by atoms with E-state index in [1.165, 1.54) is 16.7 Å². The van der Waals surface area contributed by atoms with Gasteiger partial charge in [0.2, 0.25) is 5.91 Å². The van der Waals surface area contributed by atoms with Gasteiger partial charge in [-0.25, -0.2) is 9.59 Å². The largest absolute Gasteiger partial charge is 0.452 e. The Kier molecular flexibility index (Phi) is 9.36. The topological polar surface area (TPSA) is 105 Å². The number of urea groups is 1. The molecule has 2 rings (SSSR count). The average molecular weight is 450 g/mol. The standard InChI is InChI=1S/C22H31N3O5S/c1-14-8-7-10-17(15(14)2)23-22(29)24-19(26)12-30-21(28)16-9-5-6-11-18(16)31-13-20(27)25(3)4/h5-6,9,11,14-15,17H,7-8,10,12-13H2,1-4H3,(H2,23,24,26,29). The summed E-state index contributed by atoms with van der Waals surface area (Å²) in [6.07, 6.45) is 3.06. The van der Waals surface area contributed by atoms with Crippen molar-refractivity contribution in [1.29, 1.82) is 0 Å². The number of amides is 4. The zero-order valence-corrected chi connectivity index (χ0v) is 19.3. The van der Waals surface area contributed by atoms with E-state index in [1.54, 1.807) is 38.4 Å². The first-order valence-corrected chi connectivity index (χ1v) is 11.4. The Labute approximate surface area is 187 Å². The summed E-state index contributed by atoms with van der Waals surface area (Å²) in [5.74, 6) is -0.445. The molecule has 3 unspecified atom stereocenters. The van der Waals surface area contributed by atoms with Crippen LogP contribution >= 0.6 is 11.8 Å². The van der Waals surface area contributed by atoms with Gasteiger partial charge in [-0.05, 0) is 30.4 Å². The highest BCUT2D eigenvalue weighted by Crippen LogP contribution is 2.29. The van der Waals surface area contributed by atoms with E-state index in [4.69, 9.17) is 4.74 Å². The lowest BCUT2D eigenvalue weighted by Gasteiger charge is -2.34. The van der Waals surface area contributed by atoms with Crippen LogP contribution in [0.1, 0.15) is 43.5 Å². The lowest BCUT2D eigenvalue weighted by Crippen LogP contribution is -2.49. The summed E-state index contributed by atoms with van der Waals surface area (Å²) in [6, 6.07) is 6.15. The number of carbonyl (C=O) groups excluding carboxylic acids is 4. The number of nitrogens with one attached hydrogen (secondary N) is 2. The van der Waals surface area contributed by atoms with Crippen LogP contribution in [0.15, 0.2) is 29.2 Å². The molecule has 1 fully saturated rings. The Morgan fingerprint density at radius 2 is 1.84 bits per heavy atom. The molecule has 3 atom stereocenters. The third-order valence-corrected chi connectivity index (χ3v) is 6.63. The Morgan fingerprint density at radius 1 is 1.13 bits per heavy atom. The molecule has 8 nitrogen and oxygen atoms in total. The second-order valence-electron chi connectivity index (χ2n) is 8.04. The van der Waals surface area contributed by atoms with Crippen molar-refractivity contribution >= 4 is 35.6 Å². The van der Waals surface area contributed by atoms with Gasteiger partial charge in [0.25, 0.3) is 5.91 Å². The fourth-order valence-corrected chi connectivity index (χ4v) is 4.41. The van der Waals surface area contributed by atoms with E-state index in [9.17, 15) is 19.2 Å². The molecule has 0 radical (unpaired) electrons. The summed E-state index contributed by atoms with van der Waals surface area (Å²) in [6.45, 7) is 3.69. The minimum absolute atomic E-state index is 0.0212. The number of nitrogens with zero attached hydrogens (tertiary/aromatic N) is 1. The molecule has 4 amide bonds. The van der Waals surface area contributed by atoms with Crippen molar-refractivity contribution in [3.8, 4) is 0 Å². The van der Waals surface area contributed by atoms with Crippen molar-refractivity contribution in [3.05, 3.63) is 29.8 Å². The van der Waals surface area contributed by atoms with Gasteiger partial charge in [-0.2, -0.15) is 0 Å². The first-order valence-electron chi connectivity index (χ1n) is 10.4. The number of carbonyl (C=O) groups is 4. The molecule has 2 N–H and O–H groups in total. The average Bonchev–Trinajstić information content (AvgIpc) is 2.73. The third kappa shape index (κ3) is 7.57. The number of hydrogen-bond donors (Lipinski definition) is 2. The van der Waals surface area contributed by atoms with Gasteiger partial charge in [-0.1, -0.05) is 38.8 Å². The molecule has 1 aliphatic carbocycles. The van der Waals surface area contributed by atoms with Crippen LogP contribution in [0.3, 0.4) is 0 Å². The number of hydrogen-bond acceptors (Lipinski definition) is 6. The van der Waals surface area contributed by atoms with Crippen molar-refractivity contribution < 1.29 is 23.9 Å². The molecule has 1 aliphatic rings. The Morgan fingerprint density at radius 3 is 2.55 bits per heavy atom. The molecule has 0 aromatic heterocycles. The molecular weight excluding hydrogens is 418 g/mol. The summed E-state index contributed by atoms with van der Waals surface area (Å²) in [5.41, 5.74) is 0.265. The molecule has 0 bridgehead atoms. The summed E-state index contributed by atoms with van der Waals surface area (Å²) in [4.78, 5) is 50.4. The normalized spacial score (nSPS) is 20.5. The van der Waals surface area contributed by atoms with Crippen molar-refractivity contribution in [2.45, 2.75) is 44.0 Å². The summed E-state index contributed by atoms with van der Waals surface area (Å²) in [7, 11) is 3.32. The van der Waals surface area contributed by atoms with Gasteiger partial charge in [-0.15, -0.1) is 11.8 Å². The predicted molar refractivity (Wildman–Crippen MR) is 119 cm³/mol. The second-order valence-corrected chi connectivity index (χ2v) is 9.06. The SMILES string of the molecule is CC1CCCC(NC(=O)NC(=O)COC(=O)c2ccccc2SCC(=O)N(C)C)C1C. The maximum atomic E-state index is 12.4. The maximum Gasteiger partial charge on any atom is 0.339 e. The molecule has 0 heterocycles. The monoisotopic (exact) mass is 449 g/mol. The van der Waals surface area contributed by atoms with Crippen LogP contribution in [0.2, 0.25) is 0 Å². The first kappa shape index (κ1) is 24.7.